The van der Waals surface area contributed by atoms with E-state index in [-0.39, 0.29) is 23.9 Å². The number of carbonyl (C=O) groups excluding carboxylic acids is 1. The Morgan fingerprint density at radius 1 is 1.36 bits per heavy atom. The zero-order chi connectivity index (χ0) is 16.1. The molecule has 1 aliphatic carbocycles. The minimum atomic E-state index is 0.119. The van der Waals surface area contributed by atoms with Gasteiger partial charge >= 0.3 is 0 Å². The Hall–Kier alpha value is -1.55. The SMILES string of the molecule is CCN(C(=O)C1CCC(N)C1)C(C)Cc1ccc(OC)cc1. The molecule has 0 bridgehead atoms. The second kappa shape index (κ2) is 7.63. The topological polar surface area (TPSA) is 55.6 Å². The summed E-state index contributed by atoms with van der Waals surface area (Å²) in [6.45, 7) is 4.93. The molecule has 0 radical (unpaired) electrons. The summed E-state index contributed by atoms with van der Waals surface area (Å²) < 4.78 is 5.18. The number of rotatable bonds is 6. The molecule has 1 aromatic carbocycles. The summed E-state index contributed by atoms with van der Waals surface area (Å²) in [6.07, 6.45) is 3.61. The van der Waals surface area contributed by atoms with Gasteiger partial charge in [0, 0.05) is 24.5 Å². The van der Waals surface area contributed by atoms with E-state index in [4.69, 9.17) is 10.5 Å². The summed E-state index contributed by atoms with van der Waals surface area (Å²) in [7, 11) is 1.67. The molecule has 22 heavy (non-hydrogen) atoms. The molecule has 4 nitrogen and oxygen atoms in total. The van der Waals surface area contributed by atoms with Crippen molar-refractivity contribution in [3.05, 3.63) is 29.8 Å². The summed E-state index contributed by atoms with van der Waals surface area (Å²) in [5, 5.41) is 0. The second-order valence-corrected chi connectivity index (χ2v) is 6.30. The van der Waals surface area contributed by atoms with Crippen LogP contribution < -0.4 is 10.5 Å². The Kier molecular flexibility index (Phi) is 5.83. The van der Waals surface area contributed by atoms with E-state index in [9.17, 15) is 4.79 Å². The molecule has 4 heteroatoms. The number of carbonyl (C=O) groups is 1. The Labute approximate surface area is 133 Å². The highest BCUT2D eigenvalue weighted by atomic mass is 16.5. The number of methoxy groups -OCH3 is 1. The standard InChI is InChI=1S/C18H28N2O2/c1-4-20(18(21)15-7-8-16(19)12-15)13(2)11-14-5-9-17(22-3)10-6-14/h5-6,9-10,13,15-16H,4,7-8,11-12,19H2,1-3H3. The predicted octanol–water partition coefficient (Wildman–Crippen LogP) is 2.60. The van der Waals surface area contributed by atoms with Crippen LogP contribution in [0.2, 0.25) is 0 Å². The molecular weight excluding hydrogens is 276 g/mol. The van der Waals surface area contributed by atoms with Crippen LogP contribution in [0.15, 0.2) is 24.3 Å². The van der Waals surface area contributed by atoms with Crippen molar-refractivity contribution in [2.75, 3.05) is 13.7 Å². The molecule has 3 unspecified atom stereocenters. The number of amides is 1. The van der Waals surface area contributed by atoms with E-state index in [0.29, 0.717) is 0 Å². The zero-order valence-corrected chi connectivity index (χ0v) is 13.9. The largest absolute Gasteiger partial charge is 0.497 e. The molecule has 0 aliphatic heterocycles. The summed E-state index contributed by atoms with van der Waals surface area (Å²) in [4.78, 5) is 14.7. The lowest BCUT2D eigenvalue weighted by Gasteiger charge is -2.30. The normalized spacial score (nSPS) is 22.4. The van der Waals surface area contributed by atoms with E-state index in [0.717, 1.165) is 38.0 Å². The summed E-state index contributed by atoms with van der Waals surface area (Å²) in [5.74, 6) is 1.25. The maximum absolute atomic E-state index is 12.7. The van der Waals surface area contributed by atoms with Gasteiger partial charge in [-0.1, -0.05) is 12.1 Å². The Morgan fingerprint density at radius 2 is 2.05 bits per heavy atom. The van der Waals surface area contributed by atoms with Crippen molar-refractivity contribution in [1.82, 2.24) is 4.90 Å². The van der Waals surface area contributed by atoms with Gasteiger partial charge in [-0.2, -0.15) is 0 Å². The zero-order valence-electron chi connectivity index (χ0n) is 13.9. The van der Waals surface area contributed by atoms with Crippen molar-refractivity contribution in [3.8, 4) is 5.75 Å². The highest BCUT2D eigenvalue weighted by molar-refractivity contribution is 5.79. The fourth-order valence-corrected chi connectivity index (χ4v) is 3.37. The molecule has 3 atom stereocenters. The second-order valence-electron chi connectivity index (χ2n) is 6.30. The number of benzene rings is 1. The number of likely N-dealkylation sites (N-methyl/N-ethyl adjacent to an activating group) is 1. The third-order valence-electron chi connectivity index (χ3n) is 4.67. The van der Waals surface area contributed by atoms with Crippen molar-refractivity contribution in [2.24, 2.45) is 11.7 Å². The first-order valence-corrected chi connectivity index (χ1v) is 8.24. The molecule has 0 saturated heterocycles. The average molecular weight is 304 g/mol. The maximum Gasteiger partial charge on any atom is 0.225 e. The third kappa shape index (κ3) is 4.01. The fourth-order valence-electron chi connectivity index (χ4n) is 3.37. The van der Waals surface area contributed by atoms with Gasteiger partial charge in [-0.3, -0.25) is 4.79 Å². The lowest BCUT2D eigenvalue weighted by atomic mass is 10.0. The van der Waals surface area contributed by atoms with Crippen molar-refractivity contribution in [1.29, 1.82) is 0 Å². The third-order valence-corrected chi connectivity index (χ3v) is 4.67. The van der Waals surface area contributed by atoms with E-state index in [1.165, 1.54) is 5.56 Å². The molecule has 1 aliphatic rings. The van der Waals surface area contributed by atoms with Gasteiger partial charge in [-0.05, 0) is 57.2 Å². The minimum absolute atomic E-state index is 0.119. The van der Waals surface area contributed by atoms with Gasteiger partial charge in [0.05, 0.1) is 7.11 Å². The first-order chi connectivity index (χ1) is 10.5. The number of hydrogen-bond donors (Lipinski definition) is 1. The van der Waals surface area contributed by atoms with Crippen molar-refractivity contribution < 1.29 is 9.53 Å². The van der Waals surface area contributed by atoms with Crippen LogP contribution in [-0.4, -0.2) is 36.5 Å². The van der Waals surface area contributed by atoms with Crippen LogP contribution in [0.25, 0.3) is 0 Å². The van der Waals surface area contributed by atoms with E-state index in [1.54, 1.807) is 7.11 Å². The van der Waals surface area contributed by atoms with Crippen molar-refractivity contribution in [3.63, 3.8) is 0 Å². The van der Waals surface area contributed by atoms with E-state index in [1.807, 2.05) is 17.0 Å². The number of nitrogens with zero attached hydrogens (tertiary/aromatic N) is 1. The van der Waals surface area contributed by atoms with E-state index >= 15 is 0 Å². The van der Waals surface area contributed by atoms with E-state index < -0.39 is 0 Å². The molecule has 122 valence electrons. The highest BCUT2D eigenvalue weighted by Gasteiger charge is 2.32. The van der Waals surface area contributed by atoms with Gasteiger partial charge in [-0.15, -0.1) is 0 Å². The minimum Gasteiger partial charge on any atom is -0.497 e. The predicted molar refractivity (Wildman–Crippen MR) is 88.9 cm³/mol. The highest BCUT2D eigenvalue weighted by Crippen LogP contribution is 2.27. The van der Waals surface area contributed by atoms with Gasteiger partial charge in [0.2, 0.25) is 5.91 Å². The lowest BCUT2D eigenvalue weighted by Crippen LogP contribution is -2.42. The molecule has 2 rings (SSSR count). The maximum atomic E-state index is 12.7. The summed E-state index contributed by atoms with van der Waals surface area (Å²) in [5.41, 5.74) is 7.17. The quantitative estimate of drug-likeness (QED) is 0.879. The smallest absolute Gasteiger partial charge is 0.225 e. The summed E-state index contributed by atoms with van der Waals surface area (Å²) >= 11 is 0. The van der Waals surface area contributed by atoms with Crippen LogP contribution in [0, 0.1) is 5.92 Å². The molecule has 1 fully saturated rings. The number of nitrogens with two attached hydrogens (primary N) is 1. The number of hydrogen-bond acceptors (Lipinski definition) is 3. The molecule has 1 aromatic rings. The molecular formula is C18H28N2O2. The average Bonchev–Trinajstić information content (AvgIpc) is 2.95. The Balaban J connectivity index is 1.98. The number of ether oxygens (including phenoxy) is 1. The molecule has 0 spiro atoms. The molecule has 0 heterocycles. The Bertz CT molecular complexity index is 486. The van der Waals surface area contributed by atoms with Crippen molar-refractivity contribution in [2.45, 2.75) is 51.6 Å². The van der Waals surface area contributed by atoms with Crippen LogP contribution >= 0.6 is 0 Å². The first kappa shape index (κ1) is 16.8. The fraction of sp³-hybridized carbons (Fsp3) is 0.611. The van der Waals surface area contributed by atoms with Gasteiger partial charge in [0.1, 0.15) is 5.75 Å². The van der Waals surface area contributed by atoms with Crippen LogP contribution in [0.4, 0.5) is 0 Å². The molecule has 1 saturated carbocycles. The molecule has 0 aromatic heterocycles. The van der Waals surface area contributed by atoms with Crippen LogP contribution in [0.5, 0.6) is 5.75 Å². The van der Waals surface area contributed by atoms with Crippen LogP contribution in [0.3, 0.4) is 0 Å². The summed E-state index contributed by atoms with van der Waals surface area (Å²) in [6, 6.07) is 8.47. The van der Waals surface area contributed by atoms with Gasteiger partial charge < -0.3 is 15.4 Å². The van der Waals surface area contributed by atoms with Crippen LogP contribution in [0.1, 0.15) is 38.7 Å². The van der Waals surface area contributed by atoms with Gasteiger partial charge in [0.15, 0.2) is 0 Å². The van der Waals surface area contributed by atoms with Gasteiger partial charge in [-0.25, -0.2) is 0 Å². The van der Waals surface area contributed by atoms with Crippen molar-refractivity contribution >= 4 is 5.91 Å². The molecule has 2 N–H and O–H groups in total. The first-order valence-electron chi connectivity index (χ1n) is 8.24. The Morgan fingerprint density at radius 3 is 2.55 bits per heavy atom. The monoisotopic (exact) mass is 304 g/mol. The lowest BCUT2D eigenvalue weighted by molar-refractivity contribution is -0.137. The van der Waals surface area contributed by atoms with Gasteiger partial charge in [0.25, 0.3) is 0 Å². The van der Waals surface area contributed by atoms with E-state index in [2.05, 4.69) is 26.0 Å². The molecule has 1 amide bonds. The van der Waals surface area contributed by atoms with Crippen LogP contribution in [-0.2, 0) is 11.2 Å².